The molecule has 7 nitrogen and oxygen atoms in total. The van der Waals surface area contributed by atoms with Gasteiger partial charge in [-0.2, -0.15) is 0 Å². The molecular formula is C14H20N2O5. The van der Waals surface area contributed by atoms with Crippen molar-refractivity contribution in [2.75, 3.05) is 7.05 Å². The van der Waals surface area contributed by atoms with E-state index in [4.69, 9.17) is 16.1 Å². The van der Waals surface area contributed by atoms with Crippen molar-refractivity contribution in [3.05, 3.63) is 48.0 Å². The largest absolute Gasteiger partial charge is 0.478 e. The van der Waals surface area contributed by atoms with Crippen LogP contribution in [0.15, 0.2) is 42.5 Å². The van der Waals surface area contributed by atoms with E-state index in [0.717, 1.165) is 5.56 Å². The highest BCUT2D eigenvalue weighted by Crippen LogP contribution is 2.17. The summed E-state index contributed by atoms with van der Waals surface area (Å²) >= 11 is 0. The second kappa shape index (κ2) is 9.65. The highest BCUT2D eigenvalue weighted by molar-refractivity contribution is 5.89. The molecule has 2 unspecified atom stereocenters. The number of hydrazine groups is 1. The molecule has 1 rings (SSSR count). The van der Waals surface area contributed by atoms with Crippen LogP contribution in [-0.4, -0.2) is 45.4 Å². The first kappa shape index (κ1) is 18.8. The maximum atomic E-state index is 9.84. The summed E-state index contributed by atoms with van der Waals surface area (Å²) < 4.78 is 0. The van der Waals surface area contributed by atoms with Gasteiger partial charge < -0.3 is 15.3 Å². The third-order valence-corrected chi connectivity index (χ3v) is 2.61. The number of likely N-dealkylation sites (N-methyl/N-ethyl adjacent to an activating group) is 1. The molecule has 0 heterocycles. The molecule has 0 amide bonds. The van der Waals surface area contributed by atoms with Gasteiger partial charge in [-0.05, 0) is 12.5 Å². The van der Waals surface area contributed by atoms with Crippen LogP contribution in [0.3, 0.4) is 0 Å². The van der Waals surface area contributed by atoms with E-state index in [1.807, 2.05) is 37.3 Å². The van der Waals surface area contributed by atoms with Crippen LogP contribution in [0.4, 0.5) is 0 Å². The fourth-order valence-electron chi connectivity index (χ4n) is 1.29. The van der Waals surface area contributed by atoms with Crippen LogP contribution >= 0.6 is 0 Å². The van der Waals surface area contributed by atoms with Gasteiger partial charge in [0.1, 0.15) is 0 Å². The maximum absolute atomic E-state index is 9.84. The van der Waals surface area contributed by atoms with Gasteiger partial charge in [-0.1, -0.05) is 30.3 Å². The third kappa shape index (κ3) is 8.53. The Morgan fingerprint density at radius 3 is 1.90 bits per heavy atom. The van der Waals surface area contributed by atoms with Gasteiger partial charge in [0.2, 0.25) is 0 Å². The third-order valence-electron chi connectivity index (χ3n) is 2.61. The van der Waals surface area contributed by atoms with E-state index in [2.05, 4.69) is 0 Å². The van der Waals surface area contributed by atoms with E-state index >= 15 is 0 Å². The summed E-state index contributed by atoms with van der Waals surface area (Å²) in [5.74, 6) is 3.03. The lowest BCUT2D eigenvalue weighted by atomic mass is 10.0. The lowest BCUT2D eigenvalue weighted by molar-refractivity contribution is -0.134. The molecular weight excluding hydrogens is 276 g/mol. The average Bonchev–Trinajstić information content (AvgIpc) is 2.45. The van der Waals surface area contributed by atoms with Gasteiger partial charge in [0.05, 0.1) is 12.1 Å². The molecule has 116 valence electrons. The molecule has 2 atom stereocenters. The number of nitrogens with two attached hydrogens (primary N) is 1. The minimum Gasteiger partial charge on any atom is -0.478 e. The van der Waals surface area contributed by atoms with Crippen molar-refractivity contribution in [2.24, 2.45) is 5.84 Å². The number of carboxylic acids is 2. The summed E-state index contributed by atoms with van der Waals surface area (Å²) in [7, 11) is 1.75. The fourth-order valence-corrected chi connectivity index (χ4v) is 1.29. The summed E-state index contributed by atoms with van der Waals surface area (Å²) in [4.78, 5) is 19.1. The summed E-state index contributed by atoms with van der Waals surface area (Å²) in [6.45, 7) is 1.89. The Hall–Kier alpha value is -2.22. The van der Waals surface area contributed by atoms with Crippen LogP contribution in [-0.2, 0) is 9.59 Å². The summed E-state index contributed by atoms with van der Waals surface area (Å²) in [5, 5.41) is 27.0. The molecule has 1 aromatic rings. The molecule has 0 aliphatic heterocycles. The van der Waals surface area contributed by atoms with Crippen LogP contribution in [0.1, 0.15) is 18.6 Å². The van der Waals surface area contributed by atoms with E-state index in [1.54, 1.807) is 7.05 Å². The number of aliphatic hydroxyl groups excluding tert-OH is 1. The quantitative estimate of drug-likeness (QED) is 0.357. The second-order valence-corrected chi connectivity index (χ2v) is 4.27. The van der Waals surface area contributed by atoms with E-state index in [9.17, 15) is 14.7 Å². The van der Waals surface area contributed by atoms with Crippen molar-refractivity contribution < 1.29 is 24.9 Å². The Labute approximate surface area is 122 Å². The van der Waals surface area contributed by atoms with E-state index in [-0.39, 0.29) is 6.04 Å². The average molecular weight is 296 g/mol. The first-order valence-corrected chi connectivity index (χ1v) is 6.10. The maximum Gasteiger partial charge on any atom is 0.328 e. The van der Waals surface area contributed by atoms with Gasteiger partial charge in [-0.25, -0.2) is 14.6 Å². The highest BCUT2D eigenvalue weighted by atomic mass is 16.4. The minimum absolute atomic E-state index is 0.0811. The first-order chi connectivity index (χ1) is 9.75. The van der Waals surface area contributed by atoms with E-state index < -0.39 is 18.0 Å². The van der Waals surface area contributed by atoms with Crippen molar-refractivity contribution in [1.29, 1.82) is 0 Å². The molecule has 21 heavy (non-hydrogen) atoms. The molecule has 0 spiro atoms. The molecule has 0 aromatic heterocycles. The van der Waals surface area contributed by atoms with Gasteiger partial charge in [-0.15, -0.1) is 0 Å². The lowest BCUT2D eigenvalue weighted by Gasteiger charge is -2.24. The zero-order valence-corrected chi connectivity index (χ0v) is 11.9. The Balaban J connectivity index is 0.000000433. The normalized spacial score (nSPS) is 13.4. The molecule has 0 fully saturated rings. The van der Waals surface area contributed by atoms with Crippen molar-refractivity contribution in [1.82, 2.24) is 5.01 Å². The summed E-state index contributed by atoms with van der Waals surface area (Å²) in [6.07, 6.45) is 0.584. The van der Waals surface area contributed by atoms with Gasteiger partial charge >= 0.3 is 11.9 Å². The minimum atomic E-state index is -1.26. The van der Waals surface area contributed by atoms with Crippen molar-refractivity contribution in [3.63, 3.8) is 0 Å². The Kier molecular flexibility index (Phi) is 8.63. The number of carbonyl (C=O) groups is 2. The first-order valence-electron chi connectivity index (χ1n) is 6.10. The molecule has 0 bridgehead atoms. The number of nitrogens with zero attached hydrogens (tertiary/aromatic N) is 1. The molecule has 1 aromatic carbocycles. The van der Waals surface area contributed by atoms with Gasteiger partial charge in [0.15, 0.2) is 0 Å². The van der Waals surface area contributed by atoms with Crippen molar-refractivity contribution >= 4 is 11.9 Å². The van der Waals surface area contributed by atoms with Gasteiger partial charge in [0.25, 0.3) is 0 Å². The molecule has 7 heteroatoms. The van der Waals surface area contributed by atoms with Crippen LogP contribution in [0.2, 0.25) is 0 Å². The molecule has 0 saturated heterocycles. The molecule has 0 saturated carbocycles. The Morgan fingerprint density at radius 2 is 1.57 bits per heavy atom. The predicted octanol–water partition coefficient (Wildman–Crippen LogP) is 0.626. The monoisotopic (exact) mass is 296 g/mol. The van der Waals surface area contributed by atoms with E-state index in [0.29, 0.717) is 12.2 Å². The van der Waals surface area contributed by atoms with Gasteiger partial charge in [-0.3, -0.25) is 5.84 Å². The van der Waals surface area contributed by atoms with Gasteiger partial charge in [0, 0.05) is 19.2 Å². The summed E-state index contributed by atoms with van der Waals surface area (Å²) in [5.41, 5.74) is 0.896. The molecule has 0 aliphatic carbocycles. The van der Waals surface area contributed by atoms with E-state index in [1.165, 1.54) is 5.01 Å². The Bertz CT molecular complexity index is 458. The standard InChI is InChI=1S/C10H16N2O.C4H4O4/c1-8(12(2)11)10(13)9-6-4-3-5-7-9;5-3(6)1-2-4(7)8/h3-8,10,13H,11H2,1-2H3;1-2H,(H,5,6)(H,7,8)/b;2-1-. The Morgan fingerprint density at radius 1 is 1.14 bits per heavy atom. The number of carboxylic acid groups (broad SMARTS) is 2. The highest BCUT2D eigenvalue weighted by Gasteiger charge is 2.17. The van der Waals surface area contributed by atoms with Crippen LogP contribution < -0.4 is 5.84 Å². The predicted molar refractivity (Wildman–Crippen MR) is 77.2 cm³/mol. The number of hydrogen-bond donors (Lipinski definition) is 4. The number of rotatable bonds is 5. The molecule has 5 N–H and O–H groups in total. The topological polar surface area (TPSA) is 124 Å². The SMILES string of the molecule is CC(C(O)c1ccccc1)N(C)N.O=C(O)/C=C\C(=O)O. The second-order valence-electron chi connectivity index (χ2n) is 4.27. The van der Waals surface area contributed by atoms with Crippen LogP contribution in [0, 0.1) is 0 Å². The van der Waals surface area contributed by atoms with Crippen molar-refractivity contribution in [2.45, 2.75) is 19.1 Å². The lowest BCUT2D eigenvalue weighted by Crippen LogP contribution is -2.39. The zero-order valence-electron chi connectivity index (χ0n) is 11.9. The summed E-state index contributed by atoms with van der Waals surface area (Å²) in [6, 6.07) is 9.44. The number of hydrogen-bond acceptors (Lipinski definition) is 5. The van der Waals surface area contributed by atoms with Crippen molar-refractivity contribution in [3.8, 4) is 0 Å². The fraction of sp³-hybridized carbons (Fsp3) is 0.286. The smallest absolute Gasteiger partial charge is 0.328 e. The number of aliphatic hydroxyl groups is 1. The van der Waals surface area contributed by atoms with Crippen LogP contribution in [0.5, 0.6) is 0 Å². The number of aliphatic carboxylic acids is 2. The number of benzene rings is 1. The molecule has 0 aliphatic rings. The van der Waals surface area contributed by atoms with Crippen LogP contribution in [0.25, 0.3) is 0 Å². The molecule has 0 radical (unpaired) electrons. The zero-order chi connectivity index (χ0) is 16.4.